The molecule has 1 amide bonds. The maximum atomic E-state index is 12.0. The number of pyridine rings is 1. The molecule has 2 heterocycles. The van der Waals surface area contributed by atoms with Crippen molar-refractivity contribution in [1.29, 1.82) is 0 Å². The van der Waals surface area contributed by atoms with Gasteiger partial charge in [-0.3, -0.25) is 14.9 Å². The predicted octanol–water partition coefficient (Wildman–Crippen LogP) is 0.949. The van der Waals surface area contributed by atoms with Crippen molar-refractivity contribution in [2.24, 2.45) is 0 Å². The Bertz CT molecular complexity index is 626. The minimum Gasteiger partial charge on any atom is -0.372 e. The van der Waals surface area contributed by atoms with E-state index in [0.29, 0.717) is 5.76 Å². The zero-order chi connectivity index (χ0) is 14.5. The highest BCUT2D eigenvalue weighted by molar-refractivity contribution is 5.99. The molecule has 0 aliphatic heterocycles. The van der Waals surface area contributed by atoms with Crippen molar-refractivity contribution < 1.29 is 14.2 Å². The van der Waals surface area contributed by atoms with Gasteiger partial charge in [0.15, 0.2) is 5.76 Å². The highest BCUT2D eigenvalue weighted by Gasteiger charge is 2.17. The van der Waals surface area contributed by atoms with Crippen LogP contribution in [0.3, 0.4) is 0 Å². The van der Waals surface area contributed by atoms with Crippen molar-refractivity contribution in [3.05, 3.63) is 46.0 Å². The first-order chi connectivity index (χ1) is 9.61. The van der Waals surface area contributed by atoms with E-state index in [1.54, 1.807) is 13.1 Å². The molecule has 0 fully saturated rings. The van der Waals surface area contributed by atoms with E-state index >= 15 is 0 Å². The number of nitro groups is 1. The van der Waals surface area contributed by atoms with Crippen molar-refractivity contribution in [2.75, 3.05) is 12.4 Å². The lowest BCUT2D eigenvalue weighted by molar-refractivity contribution is -0.385. The minimum absolute atomic E-state index is 0.0845. The van der Waals surface area contributed by atoms with Gasteiger partial charge in [-0.1, -0.05) is 5.16 Å². The molecule has 0 aliphatic rings. The van der Waals surface area contributed by atoms with E-state index in [0.717, 1.165) is 12.3 Å². The number of rotatable bonds is 5. The summed E-state index contributed by atoms with van der Waals surface area (Å²) in [4.78, 5) is 26.0. The predicted molar refractivity (Wildman–Crippen MR) is 68.1 cm³/mol. The van der Waals surface area contributed by atoms with Gasteiger partial charge in [0.2, 0.25) is 0 Å². The number of carbonyl (C=O) groups excluding carboxylic acids is 1. The molecule has 2 aromatic heterocycles. The molecule has 0 aromatic carbocycles. The Morgan fingerprint density at radius 3 is 2.95 bits per heavy atom. The Morgan fingerprint density at radius 2 is 2.35 bits per heavy atom. The van der Waals surface area contributed by atoms with Crippen LogP contribution in [0.25, 0.3) is 0 Å². The summed E-state index contributed by atoms with van der Waals surface area (Å²) in [5, 5.41) is 19.5. The summed E-state index contributed by atoms with van der Waals surface area (Å²) >= 11 is 0. The summed E-state index contributed by atoms with van der Waals surface area (Å²) in [6.45, 7) is 0.130. The van der Waals surface area contributed by atoms with Crippen LogP contribution in [0.4, 0.5) is 11.5 Å². The Morgan fingerprint density at radius 1 is 1.55 bits per heavy atom. The topological polar surface area (TPSA) is 123 Å². The van der Waals surface area contributed by atoms with Gasteiger partial charge in [0, 0.05) is 19.2 Å². The van der Waals surface area contributed by atoms with Crippen molar-refractivity contribution in [3.63, 3.8) is 0 Å². The van der Waals surface area contributed by atoms with Crippen molar-refractivity contribution in [1.82, 2.24) is 15.5 Å². The number of anilines is 1. The van der Waals surface area contributed by atoms with Gasteiger partial charge >= 0.3 is 0 Å². The van der Waals surface area contributed by atoms with Gasteiger partial charge in [-0.15, -0.1) is 0 Å². The zero-order valence-corrected chi connectivity index (χ0v) is 10.5. The lowest BCUT2D eigenvalue weighted by Crippen LogP contribution is -2.24. The molecule has 0 saturated heterocycles. The van der Waals surface area contributed by atoms with Gasteiger partial charge < -0.3 is 15.2 Å². The fourth-order valence-electron chi connectivity index (χ4n) is 1.52. The molecule has 0 aliphatic carbocycles. The molecule has 0 spiro atoms. The lowest BCUT2D eigenvalue weighted by atomic mass is 10.2. The Kier molecular flexibility index (Phi) is 3.89. The van der Waals surface area contributed by atoms with E-state index in [9.17, 15) is 14.9 Å². The zero-order valence-electron chi connectivity index (χ0n) is 10.5. The maximum Gasteiger partial charge on any atom is 0.288 e. The van der Waals surface area contributed by atoms with E-state index < -0.39 is 10.8 Å². The van der Waals surface area contributed by atoms with Crippen LogP contribution in [0, 0.1) is 10.1 Å². The van der Waals surface area contributed by atoms with Crippen LogP contribution >= 0.6 is 0 Å². The van der Waals surface area contributed by atoms with Gasteiger partial charge in [-0.05, 0) is 0 Å². The number of nitrogens with zero attached hydrogens (tertiary/aromatic N) is 3. The third kappa shape index (κ3) is 2.88. The Labute approximate surface area is 113 Å². The molecule has 9 nitrogen and oxygen atoms in total. The maximum absolute atomic E-state index is 12.0. The molecule has 9 heteroatoms. The van der Waals surface area contributed by atoms with Crippen LogP contribution < -0.4 is 10.6 Å². The highest BCUT2D eigenvalue weighted by Crippen LogP contribution is 2.18. The standard InChI is InChI=1S/C11H11N5O4/c1-12-10-9(4-7(5-13-10)16(18)19)11(17)14-6-8-2-3-15-20-8/h2-5H,6H2,1H3,(H,12,13)(H,14,17). The third-order valence-corrected chi connectivity index (χ3v) is 2.48. The van der Waals surface area contributed by atoms with Crippen LogP contribution in [0.2, 0.25) is 0 Å². The minimum atomic E-state index is -0.611. The highest BCUT2D eigenvalue weighted by atomic mass is 16.6. The smallest absolute Gasteiger partial charge is 0.288 e. The molecule has 2 N–H and O–H groups in total. The Hall–Kier alpha value is -2.97. The van der Waals surface area contributed by atoms with Crippen molar-refractivity contribution in [2.45, 2.75) is 6.54 Å². The molecule has 2 aromatic rings. The average Bonchev–Trinajstić information content (AvgIpc) is 2.97. The molecule has 0 radical (unpaired) electrons. The number of carbonyl (C=O) groups is 1. The molecule has 0 saturated carbocycles. The summed E-state index contributed by atoms with van der Waals surface area (Å²) in [6.07, 6.45) is 2.54. The number of aromatic nitrogens is 2. The second-order valence-corrected chi connectivity index (χ2v) is 3.76. The van der Waals surface area contributed by atoms with Crippen molar-refractivity contribution in [3.8, 4) is 0 Å². The first-order valence-electron chi connectivity index (χ1n) is 5.61. The second-order valence-electron chi connectivity index (χ2n) is 3.76. The largest absolute Gasteiger partial charge is 0.372 e. The molecule has 0 atom stereocenters. The van der Waals surface area contributed by atoms with E-state index in [2.05, 4.69) is 20.8 Å². The summed E-state index contributed by atoms with van der Waals surface area (Å²) in [6, 6.07) is 2.76. The first kappa shape index (κ1) is 13.5. The van der Waals surface area contributed by atoms with E-state index in [4.69, 9.17) is 4.52 Å². The van der Waals surface area contributed by atoms with Crippen molar-refractivity contribution >= 4 is 17.4 Å². The number of amides is 1. The van der Waals surface area contributed by atoms with E-state index in [1.807, 2.05) is 0 Å². The monoisotopic (exact) mass is 277 g/mol. The second kappa shape index (κ2) is 5.78. The number of hydrogen-bond donors (Lipinski definition) is 2. The number of nitrogens with one attached hydrogen (secondary N) is 2. The number of hydrogen-bond acceptors (Lipinski definition) is 7. The van der Waals surface area contributed by atoms with Gasteiger partial charge in [0.1, 0.15) is 12.0 Å². The molecule has 2 rings (SSSR count). The van der Waals surface area contributed by atoms with E-state index in [-0.39, 0.29) is 23.6 Å². The average molecular weight is 277 g/mol. The van der Waals surface area contributed by atoms with Crippen LogP contribution in [0.1, 0.15) is 16.1 Å². The third-order valence-electron chi connectivity index (χ3n) is 2.48. The van der Waals surface area contributed by atoms with Crippen LogP contribution in [0.15, 0.2) is 29.0 Å². The molecule has 0 unspecified atom stereocenters. The molecular formula is C11H11N5O4. The fraction of sp³-hybridized carbons (Fsp3) is 0.182. The van der Waals surface area contributed by atoms with Gasteiger partial charge in [0.25, 0.3) is 11.6 Å². The van der Waals surface area contributed by atoms with Gasteiger partial charge in [-0.25, -0.2) is 4.98 Å². The quantitative estimate of drug-likeness (QED) is 0.615. The van der Waals surface area contributed by atoms with Gasteiger partial charge in [0.05, 0.1) is 23.2 Å². The molecule has 20 heavy (non-hydrogen) atoms. The lowest BCUT2D eigenvalue weighted by Gasteiger charge is -2.07. The molecule has 104 valence electrons. The fourth-order valence-corrected chi connectivity index (χ4v) is 1.52. The molecular weight excluding hydrogens is 266 g/mol. The summed E-state index contributed by atoms with van der Waals surface area (Å²) in [5.74, 6) is 0.232. The van der Waals surface area contributed by atoms with Crippen LogP contribution in [-0.4, -0.2) is 28.0 Å². The van der Waals surface area contributed by atoms with Gasteiger partial charge in [-0.2, -0.15) is 0 Å². The van der Waals surface area contributed by atoms with E-state index in [1.165, 1.54) is 6.20 Å². The summed E-state index contributed by atoms with van der Waals surface area (Å²) in [5.41, 5.74) is -0.171. The SMILES string of the molecule is CNc1ncc([N+](=O)[O-])cc1C(=O)NCc1ccno1. The van der Waals surface area contributed by atoms with Crippen LogP contribution in [0.5, 0.6) is 0 Å². The van der Waals surface area contributed by atoms with Crippen LogP contribution in [-0.2, 0) is 6.54 Å². The summed E-state index contributed by atoms with van der Waals surface area (Å²) < 4.78 is 4.83. The molecule has 0 bridgehead atoms. The summed E-state index contributed by atoms with van der Waals surface area (Å²) in [7, 11) is 1.57. The Balaban J connectivity index is 2.18. The first-order valence-corrected chi connectivity index (χ1v) is 5.61. The normalized spacial score (nSPS) is 10.1.